The Labute approximate surface area is 253 Å². The van der Waals surface area contributed by atoms with E-state index in [0.29, 0.717) is 49.7 Å². The fourth-order valence-corrected chi connectivity index (χ4v) is 8.22. The summed E-state index contributed by atoms with van der Waals surface area (Å²) in [5, 5.41) is 10.1. The molecule has 2 aromatic rings. The number of carbonyl (C=O) groups excluding carboxylic acids is 1. The number of carbonyl (C=O) groups is 2. The average molecular weight is 617 g/mol. The highest BCUT2D eigenvalue weighted by atomic mass is 35.5. The minimum atomic E-state index is -3.95. The number of aryl methyl sites for hydroxylation is 1. The molecule has 0 aromatic heterocycles. The Kier molecular flexibility index (Phi) is 9.38. The van der Waals surface area contributed by atoms with Gasteiger partial charge in [-0.15, -0.1) is 0 Å². The molecule has 5 rings (SSSR count). The number of ether oxygens (including phenoxy) is 1. The summed E-state index contributed by atoms with van der Waals surface area (Å²) < 4.78 is 35.0. The van der Waals surface area contributed by atoms with E-state index in [9.17, 15) is 23.1 Å². The van der Waals surface area contributed by atoms with Crippen LogP contribution < -0.4 is 14.4 Å². The number of rotatable bonds is 1. The number of aliphatic carboxylic acids is 1. The van der Waals surface area contributed by atoms with Gasteiger partial charge in [0.05, 0.1) is 16.9 Å². The first-order valence-corrected chi connectivity index (χ1v) is 17.0. The van der Waals surface area contributed by atoms with Crippen LogP contribution in [0.1, 0.15) is 80.3 Å². The summed E-state index contributed by atoms with van der Waals surface area (Å²) in [6.07, 6.45) is 6.22. The fourth-order valence-electron chi connectivity index (χ4n) is 6.72. The first-order valence-electron chi connectivity index (χ1n) is 15.1. The molecule has 3 unspecified atom stereocenters. The lowest BCUT2D eigenvalue weighted by Crippen LogP contribution is -2.44. The number of sulfonamides is 1. The van der Waals surface area contributed by atoms with Crippen molar-refractivity contribution in [3.05, 3.63) is 58.1 Å². The van der Waals surface area contributed by atoms with Crippen molar-refractivity contribution in [2.24, 2.45) is 23.7 Å². The first kappa shape index (κ1) is 30.7. The number of benzene rings is 2. The van der Waals surface area contributed by atoms with Gasteiger partial charge in [0.25, 0.3) is 5.91 Å². The van der Waals surface area contributed by atoms with E-state index in [-0.39, 0.29) is 23.3 Å². The third-order valence-corrected chi connectivity index (χ3v) is 11.9. The summed E-state index contributed by atoms with van der Waals surface area (Å²) in [6, 6.07) is 10.9. The van der Waals surface area contributed by atoms with Crippen molar-refractivity contribution >= 4 is 39.2 Å². The number of hydrogen-bond acceptors (Lipinski definition) is 6. The van der Waals surface area contributed by atoms with Gasteiger partial charge >= 0.3 is 5.97 Å². The molecule has 5 atom stereocenters. The minimum Gasteiger partial charge on any atom is -0.487 e. The van der Waals surface area contributed by atoms with Gasteiger partial charge in [0.15, 0.2) is 0 Å². The molecular formula is C32H41ClN2O6S. The number of fused-ring (bicyclic) bond motifs is 3. The van der Waals surface area contributed by atoms with Crippen LogP contribution in [-0.2, 0) is 27.8 Å². The van der Waals surface area contributed by atoms with Gasteiger partial charge in [-0.1, -0.05) is 31.0 Å². The van der Waals surface area contributed by atoms with E-state index in [1.165, 1.54) is 0 Å². The maximum Gasteiger partial charge on any atom is 0.306 e. The molecule has 228 valence electrons. The van der Waals surface area contributed by atoms with Gasteiger partial charge < -0.3 is 14.7 Å². The van der Waals surface area contributed by atoms with Crippen LogP contribution in [0.2, 0.25) is 5.02 Å². The summed E-state index contributed by atoms with van der Waals surface area (Å²) in [7, 11) is -3.95. The third-order valence-electron chi connectivity index (χ3n) is 9.70. The molecule has 2 bridgehead atoms. The van der Waals surface area contributed by atoms with Crippen LogP contribution in [-0.4, -0.2) is 43.7 Å². The molecule has 2 heterocycles. The first-order chi connectivity index (χ1) is 20.0. The summed E-state index contributed by atoms with van der Waals surface area (Å²) >= 11 is 6.30. The molecule has 10 heteroatoms. The maximum absolute atomic E-state index is 13.3. The zero-order valence-corrected chi connectivity index (χ0v) is 25.9. The Morgan fingerprint density at radius 1 is 1.02 bits per heavy atom. The summed E-state index contributed by atoms with van der Waals surface area (Å²) in [5.74, 6) is -1.25. The fraction of sp³-hybridized carbons (Fsp3) is 0.562. The monoisotopic (exact) mass is 616 g/mol. The number of carboxylic acids is 1. The normalized spacial score (nSPS) is 28.5. The Hall–Kier alpha value is -2.78. The molecule has 8 nitrogen and oxygen atoms in total. The predicted octanol–water partition coefficient (Wildman–Crippen LogP) is 6.06. The second kappa shape index (κ2) is 12.8. The Bertz CT molecular complexity index is 1430. The number of hydrogen-bond donors (Lipinski definition) is 2. The zero-order valence-electron chi connectivity index (χ0n) is 24.4. The molecule has 1 saturated carbocycles. The quantitative estimate of drug-likeness (QED) is 0.401. The van der Waals surface area contributed by atoms with E-state index in [0.717, 1.165) is 48.9 Å². The third kappa shape index (κ3) is 6.72. The van der Waals surface area contributed by atoms with E-state index in [1.807, 2.05) is 25.1 Å². The summed E-state index contributed by atoms with van der Waals surface area (Å²) in [6.45, 7) is 5.14. The molecule has 1 aliphatic carbocycles. The van der Waals surface area contributed by atoms with E-state index in [1.54, 1.807) is 25.1 Å². The largest absolute Gasteiger partial charge is 0.487 e. The van der Waals surface area contributed by atoms with Crippen LogP contribution in [0.15, 0.2) is 36.4 Å². The Balaban J connectivity index is 1.54. The van der Waals surface area contributed by atoms with Gasteiger partial charge in [-0.2, -0.15) is 0 Å². The second-order valence-electron chi connectivity index (χ2n) is 12.3. The molecule has 42 heavy (non-hydrogen) atoms. The molecule has 0 spiro atoms. The van der Waals surface area contributed by atoms with Crippen molar-refractivity contribution in [2.75, 3.05) is 18.0 Å². The molecule has 2 N–H and O–H groups in total. The second-order valence-corrected chi connectivity index (χ2v) is 14.8. The van der Waals surface area contributed by atoms with Crippen LogP contribution >= 0.6 is 11.6 Å². The van der Waals surface area contributed by atoms with E-state index < -0.39 is 33.1 Å². The van der Waals surface area contributed by atoms with Gasteiger partial charge in [-0.3, -0.25) is 9.59 Å². The van der Waals surface area contributed by atoms with Gasteiger partial charge in [-0.25, -0.2) is 13.1 Å². The van der Waals surface area contributed by atoms with Crippen LogP contribution in [0.4, 0.5) is 5.69 Å². The van der Waals surface area contributed by atoms with Crippen molar-refractivity contribution in [1.82, 2.24) is 4.72 Å². The average Bonchev–Trinajstić information content (AvgIpc) is 2.96. The van der Waals surface area contributed by atoms with E-state index in [4.69, 9.17) is 16.3 Å². The summed E-state index contributed by atoms with van der Waals surface area (Å²) in [5.41, 5.74) is 3.17. The van der Waals surface area contributed by atoms with Crippen molar-refractivity contribution in [2.45, 2.75) is 77.1 Å². The van der Waals surface area contributed by atoms with Crippen molar-refractivity contribution in [3.63, 3.8) is 0 Å². The van der Waals surface area contributed by atoms with Crippen molar-refractivity contribution in [1.29, 1.82) is 0 Å². The van der Waals surface area contributed by atoms with E-state index >= 15 is 0 Å². The Morgan fingerprint density at radius 3 is 2.57 bits per heavy atom. The lowest BCUT2D eigenvalue weighted by atomic mass is 9.65. The molecule has 2 aliphatic heterocycles. The predicted molar refractivity (Wildman–Crippen MR) is 164 cm³/mol. The van der Waals surface area contributed by atoms with Crippen LogP contribution in [0.25, 0.3) is 0 Å². The van der Waals surface area contributed by atoms with E-state index in [2.05, 4.69) is 9.62 Å². The van der Waals surface area contributed by atoms with Crippen LogP contribution in [0, 0.1) is 23.7 Å². The highest BCUT2D eigenvalue weighted by molar-refractivity contribution is 7.90. The molecule has 1 amide bonds. The number of anilines is 1. The molecule has 1 fully saturated rings. The van der Waals surface area contributed by atoms with Crippen LogP contribution in [0.3, 0.4) is 0 Å². The van der Waals surface area contributed by atoms with Crippen molar-refractivity contribution in [3.8, 4) is 5.75 Å². The number of nitrogens with one attached hydrogen (secondary N) is 1. The molecule has 3 aliphatic rings. The number of halogens is 1. The lowest BCUT2D eigenvalue weighted by molar-refractivity contribution is -0.146. The number of nitrogens with zero attached hydrogens (tertiary/aromatic N) is 1. The molecule has 0 saturated heterocycles. The standard InChI is InChI=1S/C32H41ClN2O6S/c1-20-6-5-8-28(32(37)38)27-13-10-24(27)18-35-15-4-3-7-22-16-26(33)12-9-25(22)19-41-30-14-11-23(17-29(30)35)31(36)34-42(39,40)21(20)2/h9,11-12,14,16-17,20-21,24,27-28H,3-8,10,13,15,18-19H2,1-2H3,(H,34,36)(H,37,38)/t20?,21-,24?,27?,28-/m1/s1. The molecule has 2 aromatic carbocycles. The highest BCUT2D eigenvalue weighted by Gasteiger charge is 2.41. The smallest absolute Gasteiger partial charge is 0.306 e. The highest BCUT2D eigenvalue weighted by Crippen LogP contribution is 2.44. The van der Waals surface area contributed by atoms with Crippen molar-refractivity contribution < 1.29 is 27.9 Å². The lowest BCUT2D eigenvalue weighted by Gasteiger charge is -2.44. The van der Waals surface area contributed by atoms with Gasteiger partial charge in [-0.05, 0) is 111 Å². The minimum absolute atomic E-state index is 0.0623. The topological polar surface area (TPSA) is 113 Å². The molecule has 0 radical (unpaired) electrons. The zero-order chi connectivity index (χ0) is 30.0. The van der Waals surface area contributed by atoms with Gasteiger partial charge in [0, 0.05) is 23.7 Å². The summed E-state index contributed by atoms with van der Waals surface area (Å²) in [4.78, 5) is 27.9. The van der Waals surface area contributed by atoms with Crippen LogP contribution in [0.5, 0.6) is 5.75 Å². The SMILES string of the molecule is CC1CCC[C@@H](C(=O)O)C2CCC2CN2CCCCc3cc(Cl)ccc3COc3ccc(cc32)C(=O)NS(=O)(=O)[C@@H]1C. The van der Waals surface area contributed by atoms with Gasteiger partial charge in [0.1, 0.15) is 12.4 Å². The Morgan fingerprint density at radius 2 is 1.83 bits per heavy atom. The maximum atomic E-state index is 13.3. The number of amides is 1. The molecular weight excluding hydrogens is 576 g/mol. The number of carboxylic acid groups (broad SMARTS) is 1. The van der Waals surface area contributed by atoms with Gasteiger partial charge in [0.2, 0.25) is 10.0 Å².